The number of nitrogens with zero attached hydrogens (tertiary/aromatic N) is 1. The molecule has 2 amide bonds. The van der Waals surface area contributed by atoms with Crippen LogP contribution in [0, 0.1) is 5.92 Å². The minimum atomic E-state index is -0.732. The summed E-state index contributed by atoms with van der Waals surface area (Å²) in [4.78, 5) is 27.8. The third kappa shape index (κ3) is 3.88. The van der Waals surface area contributed by atoms with Gasteiger partial charge in [0.05, 0.1) is 12.6 Å². The first-order chi connectivity index (χ1) is 13.1. The molecular weight excluding hydrogens is 340 g/mol. The highest BCUT2D eigenvalue weighted by Gasteiger charge is 2.38. The van der Waals surface area contributed by atoms with Crippen LogP contribution in [0.1, 0.15) is 47.8 Å². The van der Waals surface area contributed by atoms with Crippen LogP contribution >= 0.6 is 0 Å². The smallest absolute Gasteiger partial charge is 0.255 e. The maximum Gasteiger partial charge on any atom is 0.255 e. The van der Waals surface area contributed by atoms with Gasteiger partial charge in [-0.15, -0.1) is 0 Å². The lowest BCUT2D eigenvalue weighted by atomic mass is 9.98. The molecule has 0 saturated carbocycles. The van der Waals surface area contributed by atoms with Crippen molar-refractivity contribution in [3.8, 4) is 0 Å². The number of hydrogen-bond acceptors (Lipinski definition) is 3. The first-order valence-corrected chi connectivity index (χ1v) is 9.41. The number of nitrogens with one attached hydrogen (secondary N) is 1. The van der Waals surface area contributed by atoms with Gasteiger partial charge in [0, 0.05) is 12.1 Å². The summed E-state index contributed by atoms with van der Waals surface area (Å²) >= 11 is 0. The lowest BCUT2D eigenvalue weighted by molar-refractivity contribution is -0.127. The Balaban J connectivity index is 1.91. The number of amides is 2. The van der Waals surface area contributed by atoms with E-state index < -0.39 is 6.04 Å². The van der Waals surface area contributed by atoms with E-state index >= 15 is 0 Å². The van der Waals surface area contributed by atoms with Gasteiger partial charge in [0.15, 0.2) is 0 Å². The summed E-state index contributed by atoms with van der Waals surface area (Å²) in [6.45, 7) is 4.29. The molecule has 0 saturated heterocycles. The zero-order chi connectivity index (χ0) is 19.4. The molecule has 0 bridgehead atoms. The van der Waals surface area contributed by atoms with E-state index in [1.165, 1.54) is 0 Å². The third-order valence-electron chi connectivity index (χ3n) is 5.38. The van der Waals surface area contributed by atoms with Crippen LogP contribution < -0.4 is 5.32 Å². The van der Waals surface area contributed by atoms with E-state index in [4.69, 9.17) is 0 Å². The molecule has 1 heterocycles. The van der Waals surface area contributed by atoms with Crippen LogP contribution in [0.3, 0.4) is 0 Å². The van der Waals surface area contributed by atoms with Gasteiger partial charge in [0.2, 0.25) is 5.91 Å². The largest absolute Gasteiger partial charge is 0.394 e. The second-order valence-corrected chi connectivity index (χ2v) is 7.09. The number of aliphatic hydroxyl groups excluding tert-OH is 1. The van der Waals surface area contributed by atoms with Gasteiger partial charge in [-0.2, -0.15) is 0 Å². The molecule has 3 rings (SSSR count). The number of benzene rings is 2. The predicted octanol–water partition coefficient (Wildman–Crippen LogP) is 2.91. The van der Waals surface area contributed by atoms with E-state index in [1.807, 2.05) is 62.4 Å². The molecule has 0 radical (unpaired) electrons. The van der Waals surface area contributed by atoms with E-state index in [-0.39, 0.29) is 30.4 Å². The number of fused-ring (bicyclic) bond motifs is 1. The molecule has 3 atom stereocenters. The van der Waals surface area contributed by atoms with E-state index in [1.54, 1.807) is 11.0 Å². The maximum absolute atomic E-state index is 13.2. The molecular formula is C22H26N2O3. The Morgan fingerprint density at radius 2 is 1.81 bits per heavy atom. The fourth-order valence-corrected chi connectivity index (χ4v) is 3.51. The Morgan fingerprint density at radius 1 is 1.15 bits per heavy atom. The monoisotopic (exact) mass is 366 g/mol. The van der Waals surface area contributed by atoms with Crippen LogP contribution in [-0.4, -0.2) is 34.5 Å². The van der Waals surface area contributed by atoms with Crippen LogP contribution in [0.2, 0.25) is 0 Å². The van der Waals surface area contributed by atoms with E-state index in [0.29, 0.717) is 12.1 Å². The number of aliphatic hydroxyl groups is 1. The van der Waals surface area contributed by atoms with Crippen molar-refractivity contribution in [1.29, 1.82) is 0 Å². The first-order valence-electron chi connectivity index (χ1n) is 9.41. The molecule has 0 fully saturated rings. The molecule has 2 aromatic rings. The Kier molecular flexibility index (Phi) is 5.91. The molecule has 0 aliphatic carbocycles. The Bertz CT molecular complexity index is 806. The summed E-state index contributed by atoms with van der Waals surface area (Å²) < 4.78 is 0. The molecule has 27 heavy (non-hydrogen) atoms. The molecule has 0 aromatic heterocycles. The molecule has 5 heteroatoms. The quantitative estimate of drug-likeness (QED) is 0.792. The van der Waals surface area contributed by atoms with Crippen LogP contribution in [0.25, 0.3) is 0 Å². The summed E-state index contributed by atoms with van der Waals surface area (Å²) in [5, 5.41) is 12.7. The van der Waals surface area contributed by atoms with Crippen molar-refractivity contribution in [3.63, 3.8) is 0 Å². The van der Waals surface area contributed by atoms with Crippen LogP contribution in [-0.2, 0) is 11.3 Å². The lowest BCUT2D eigenvalue weighted by Gasteiger charge is -2.30. The molecule has 2 N–H and O–H groups in total. The maximum atomic E-state index is 13.2. The summed E-state index contributed by atoms with van der Waals surface area (Å²) in [6.07, 6.45) is 0.843. The van der Waals surface area contributed by atoms with Crippen molar-refractivity contribution < 1.29 is 14.7 Å². The van der Waals surface area contributed by atoms with E-state index in [0.717, 1.165) is 17.5 Å². The topological polar surface area (TPSA) is 69.6 Å². The number of rotatable bonds is 7. The van der Waals surface area contributed by atoms with Crippen molar-refractivity contribution in [2.24, 2.45) is 5.92 Å². The SMILES string of the molecule is CC[C@@H](C)[C@@H](CO)NC(=O)[C@@H](c1ccccc1)N1Cc2ccccc2C1=O. The Labute approximate surface area is 160 Å². The van der Waals surface area contributed by atoms with Crippen molar-refractivity contribution >= 4 is 11.8 Å². The van der Waals surface area contributed by atoms with E-state index in [9.17, 15) is 14.7 Å². The van der Waals surface area contributed by atoms with Gasteiger partial charge in [-0.1, -0.05) is 68.8 Å². The van der Waals surface area contributed by atoms with Crippen LogP contribution in [0.15, 0.2) is 54.6 Å². The van der Waals surface area contributed by atoms with Crippen molar-refractivity contribution in [3.05, 3.63) is 71.3 Å². The summed E-state index contributed by atoms with van der Waals surface area (Å²) in [7, 11) is 0. The normalized spacial score (nSPS) is 16.6. The first kappa shape index (κ1) is 19.1. The summed E-state index contributed by atoms with van der Waals surface area (Å²) in [5.41, 5.74) is 2.33. The Hall–Kier alpha value is -2.66. The summed E-state index contributed by atoms with van der Waals surface area (Å²) in [5.74, 6) is -0.262. The highest BCUT2D eigenvalue weighted by molar-refractivity contribution is 6.01. The van der Waals surface area contributed by atoms with Crippen LogP contribution in [0.5, 0.6) is 0 Å². The molecule has 5 nitrogen and oxygen atoms in total. The van der Waals surface area contributed by atoms with Gasteiger partial charge in [-0.25, -0.2) is 0 Å². The van der Waals surface area contributed by atoms with Gasteiger partial charge in [-0.05, 0) is 23.1 Å². The fraction of sp³-hybridized carbons (Fsp3) is 0.364. The molecule has 0 spiro atoms. The van der Waals surface area contributed by atoms with Gasteiger partial charge in [0.25, 0.3) is 5.91 Å². The lowest BCUT2D eigenvalue weighted by Crippen LogP contribution is -2.48. The molecule has 2 aromatic carbocycles. The fourth-order valence-electron chi connectivity index (χ4n) is 3.51. The van der Waals surface area contributed by atoms with Gasteiger partial charge >= 0.3 is 0 Å². The van der Waals surface area contributed by atoms with Crippen molar-refractivity contribution in [1.82, 2.24) is 10.2 Å². The standard InChI is InChI=1S/C22H26N2O3/c1-3-15(2)19(14-25)23-21(26)20(16-9-5-4-6-10-16)24-13-17-11-7-8-12-18(17)22(24)27/h4-12,15,19-20,25H,3,13-14H2,1-2H3,(H,23,26)/t15-,19-,20-/m1/s1. The summed E-state index contributed by atoms with van der Waals surface area (Å²) in [6, 6.07) is 15.7. The van der Waals surface area contributed by atoms with Gasteiger partial charge in [-0.3, -0.25) is 9.59 Å². The number of carbonyl (C=O) groups excluding carboxylic acids is 2. The number of hydrogen-bond donors (Lipinski definition) is 2. The minimum absolute atomic E-state index is 0.129. The van der Waals surface area contributed by atoms with Crippen molar-refractivity contribution in [2.75, 3.05) is 6.61 Å². The highest BCUT2D eigenvalue weighted by Crippen LogP contribution is 2.31. The van der Waals surface area contributed by atoms with E-state index in [2.05, 4.69) is 5.32 Å². The average molecular weight is 366 g/mol. The third-order valence-corrected chi connectivity index (χ3v) is 5.38. The zero-order valence-electron chi connectivity index (χ0n) is 15.8. The van der Waals surface area contributed by atoms with Gasteiger partial charge in [0.1, 0.15) is 6.04 Å². The van der Waals surface area contributed by atoms with Crippen molar-refractivity contribution in [2.45, 2.75) is 38.9 Å². The average Bonchev–Trinajstić information content (AvgIpc) is 3.03. The molecule has 0 unspecified atom stereocenters. The highest BCUT2D eigenvalue weighted by atomic mass is 16.3. The zero-order valence-corrected chi connectivity index (χ0v) is 15.8. The molecule has 1 aliphatic rings. The molecule has 1 aliphatic heterocycles. The minimum Gasteiger partial charge on any atom is -0.394 e. The van der Waals surface area contributed by atoms with Gasteiger partial charge < -0.3 is 15.3 Å². The second-order valence-electron chi connectivity index (χ2n) is 7.09. The molecule has 142 valence electrons. The van der Waals surface area contributed by atoms with Crippen LogP contribution in [0.4, 0.5) is 0 Å². The second kappa shape index (κ2) is 8.35. The predicted molar refractivity (Wildman–Crippen MR) is 104 cm³/mol. The number of carbonyl (C=O) groups is 2. The Morgan fingerprint density at radius 3 is 2.44 bits per heavy atom.